The van der Waals surface area contributed by atoms with Gasteiger partial charge in [0, 0.05) is 10.9 Å². The molecule has 1 unspecified atom stereocenters. The highest BCUT2D eigenvalue weighted by atomic mass is 35.5. The average Bonchev–Trinajstić information content (AvgIpc) is 2.39. The molecule has 0 aliphatic carbocycles. The number of benzene rings is 2. The second-order valence-electron chi connectivity index (χ2n) is 4.30. The van der Waals surface area contributed by atoms with Crippen LogP contribution in [0.5, 0.6) is 5.75 Å². The first-order valence-corrected chi connectivity index (χ1v) is 6.21. The van der Waals surface area contributed by atoms with Crippen LogP contribution < -0.4 is 0 Å². The molecule has 0 radical (unpaired) electrons. The predicted molar refractivity (Wildman–Crippen MR) is 73.1 cm³/mol. The molecule has 0 aliphatic heterocycles. The number of hydrogen-bond donors (Lipinski definition) is 2. The molecule has 0 amide bonds. The van der Waals surface area contributed by atoms with E-state index in [0.29, 0.717) is 5.02 Å². The van der Waals surface area contributed by atoms with Crippen LogP contribution in [0.15, 0.2) is 48.5 Å². The molecule has 18 heavy (non-hydrogen) atoms. The molecule has 2 aromatic carbocycles. The van der Waals surface area contributed by atoms with Crippen LogP contribution in [0.1, 0.15) is 17.0 Å². The number of aliphatic hydroxyl groups is 1. The quantitative estimate of drug-likeness (QED) is 0.887. The summed E-state index contributed by atoms with van der Waals surface area (Å²) in [4.78, 5) is 0. The zero-order chi connectivity index (χ0) is 13.0. The van der Waals surface area contributed by atoms with E-state index in [1.54, 1.807) is 12.1 Å². The van der Waals surface area contributed by atoms with Gasteiger partial charge in [0.15, 0.2) is 0 Å². The Labute approximate surface area is 111 Å². The lowest BCUT2D eigenvalue weighted by Gasteiger charge is -2.15. The summed E-state index contributed by atoms with van der Waals surface area (Å²) in [5.74, 6) is 0.303. The Hall–Kier alpha value is -1.51. The molecule has 0 saturated heterocycles. The molecule has 0 heterocycles. The first kappa shape index (κ1) is 12.9. The van der Waals surface area contributed by atoms with E-state index in [4.69, 9.17) is 11.6 Å². The zero-order valence-corrected chi connectivity index (χ0v) is 10.6. The van der Waals surface area contributed by atoms with Crippen LogP contribution in [-0.2, 0) is 6.42 Å². The van der Waals surface area contributed by atoms with E-state index in [2.05, 4.69) is 0 Å². The van der Waals surface area contributed by atoms with Crippen LogP contribution in [0, 0.1) is 0 Å². The fourth-order valence-corrected chi connectivity index (χ4v) is 2.07. The molecule has 0 saturated carbocycles. The van der Waals surface area contributed by atoms with Crippen LogP contribution >= 0.6 is 11.6 Å². The van der Waals surface area contributed by atoms with Crippen molar-refractivity contribution < 1.29 is 10.2 Å². The third-order valence-electron chi connectivity index (χ3n) is 2.98. The van der Waals surface area contributed by atoms with Crippen molar-refractivity contribution in [2.24, 2.45) is 0 Å². The summed E-state index contributed by atoms with van der Waals surface area (Å²) in [6.07, 6.45) is 0.735. The largest absolute Gasteiger partial charge is 0.508 e. The fourth-order valence-electron chi connectivity index (χ4n) is 1.94. The van der Waals surface area contributed by atoms with Gasteiger partial charge in [-0.3, -0.25) is 0 Å². The third-order valence-corrected chi connectivity index (χ3v) is 3.23. The highest BCUT2D eigenvalue weighted by molar-refractivity contribution is 6.30. The zero-order valence-electron chi connectivity index (χ0n) is 9.88. The summed E-state index contributed by atoms with van der Waals surface area (Å²) in [6, 6.07) is 14.6. The van der Waals surface area contributed by atoms with Crippen molar-refractivity contribution in [2.75, 3.05) is 6.61 Å². The summed E-state index contributed by atoms with van der Waals surface area (Å²) in [5.41, 5.74) is 2.15. The standard InChI is InChI=1S/C15H15ClO2/c16-14-5-3-12(4-6-14)13(10-17)9-11-1-7-15(18)8-2-11/h1-8,13,17-18H,9-10H2. The first-order chi connectivity index (χ1) is 8.69. The summed E-state index contributed by atoms with van der Waals surface area (Å²) >= 11 is 5.85. The third kappa shape index (κ3) is 3.25. The van der Waals surface area contributed by atoms with Gasteiger partial charge in [0.05, 0.1) is 6.61 Å². The predicted octanol–water partition coefficient (Wildman–Crippen LogP) is 3.36. The Morgan fingerprint density at radius 1 is 0.944 bits per heavy atom. The molecule has 3 heteroatoms. The van der Waals surface area contributed by atoms with Gasteiger partial charge < -0.3 is 10.2 Å². The number of aromatic hydroxyl groups is 1. The number of phenolic OH excluding ortho intramolecular Hbond substituents is 1. The van der Waals surface area contributed by atoms with Crippen molar-refractivity contribution in [3.63, 3.8) is 0 Å². The van der Waals surface area contributed by atoms with Crippen LogP contribution in [0.2, 0.25) is 5.02 Å². The van der Waals surface area contributed by atoms with Gasteiger partial charge in [-0.05, 0) is 41.8 Å². The number of rotatable bonds is 4. The van der Waals surface area contributed by atoms with E-state index < -0.39 is 0 Å². The van der Waals surface area contributed by atoms with Gasteiger partial charge >= 0.3 is 0 Å². The van der Waals surface area contributed by atoms with Crippen molar-refractivity contribution in [1.82, 2.24) is 0 Å². The van der Waals surface area contributed by atoms with Gasteiger partial charge in [-0.15, -0.1) is 0 Å². The molecule has 2 N–H and O–H groups in total. The molecule has 1 atom stereocenters. The maximum absolute atomic E-state index is 9.48. The Kier molecular flexibility index (Phi) is 4.24. The van der Waals surface area contributed by atoms with Crippen molar-refractivity contribution in [2.45, 2.75) is 12.3 Å². The Morgan fingerprint density at radius 2 is 1.56 bits per heavy atom. The molecule has 2 aromatic rings. The van der Waals surface area contributed by atoms with E-state index in [-0.39, 0.29) is 18.3 Å². The molecule has 2 nitrogen and oxygen atoms in total. The molecule has 0 aliphatic rings. The molecule has 2 rings (SSSR count). The summed E-state index contributed by atoms with van der Waals surface area (Å²) in [7, 11) is 0. The minimum Gasteiger partial charge on any atom is -0.508 e. The minimum atomic E-state index is 0.0480. The normalized spacial score (nSPS) is 12.3. The van der Waals surface area contributed by atoms with E-state index in [9.17, 15) is 10.2 Å². The SMILES string of the molecule is OCC(Cc1ccc(O)cc1)c1ccc(Cl)cc1. The van der Waals surface area contributed by atoms with Gasteiger partial charge in [0.1, 0.15) is 5.75 Å². The molecule has 94 valence electrons. The summed E-state index contributed by atoms with van der Waals surface area (Å²) in [5, 5.41) is 19.4. The van der Waals surface area contributed by atoms with Crippen LogP contribution in [0.25, 0.3) is 0 Å². The topological polar surface area (TPSA) is 40.5 Å². The molecule has 0 bridgehead atoms. The van der Waals surface area contributed by atoms with E-state index in [1.165, 1.54) is 0 Å². The second-order valence-corrected chi connectivity index (χ2v) is 4.74. The highest BCUT2D eigenvalue weighted by Crippen LogP contribution is 2.23. The van der Waals surface area contributed by atoms with Crippen LogP contribution in [0.4, 0.5) is 0 Å². The molecular formula is C15H15ClO2. The van der Waals surface area contributed by atoms with Crippen LogP contribution in [0.3, 0.4) is 0 Å². The van der Waals surface area contributed by atoms with Gasteiger partial charge in [-0.2, -0.15) is 0 Å². The maximum Gasteiger partial charge on any atom is 0.115 e. The summed E-state index contributed by atoms with van der Waals surface area (Å²) < 4.78 is 0. The second kappa shape index (κ2) is 5.89. The first-order valence-electron chi connectivity index (χ1n) is 5.83. The fraction of sp³-hybridized carbons (Fsp3) is 0.200. The van der Waals surface area contributed by atoms with Gasteiger partial charge in [-0.25, -0.2) is 0 Å². The molecule has 0 fully saturated rings. The lowest BCUT2D eigenvalue weighted by Crippen LogP contribution is -2.07. The number of hydrogen-bond acceptors (Lipinski definition) is 2. The Morgan fingerprint density at radius 3 is 2.11 bits per heavy atom. The number of aliphatic hydroxyl groups excluding tert-OH is 1. The van der Waals surface area contributed by atoms with Crippen molar-refractivity contribution >= 4 is 11.6 Å². The Bertz CT molecular complexity index is 491. The minimum absolute atomic E-state index is 0.0480. The van der Waals surface area contributed by atoms with Crippen molar-refractivity contribution in [1.29, 1.82) is 0 Å². The molecular weight excluding hydrogens is 248 g/mol. The average molecular weight is 263 g/mol. The monoisotopic (exact) mass is 262 g/mol. The lowest BCUT2D eigenvalue weighted by molar-refractivity contribution is 0.264. The number of phenols is 1. The summed E-state index contributed by atoms with van der Waals surface area (Å²) in [6.45, 7) is 0.0858. The van der Waals surface area contributed by atoms with Crippen LogP contribution in [-0.4, -0.2) is 16.8 Å². The molecule has 0 spiro atoms. The Balaban J connectivity index is 2.14. The van der Waals surface area contributed by atoms with Crippen molar-refractivity contribution in [3.05, 3.63) is 64.7 Å². The van der Waals surface area contributed by atoms with Gasteiger partial charge in [0.2, 0.25) is 0 Å². The lowest BCUT2D eigenvalue weighted by atomic mass is 9.93. The molecule has 0 aromatic heterocycles. The van der Waals surface area contributed by atoms with Gasteiger partial charge in [-0.1, -0.05) is 35.9 Å². The van der Waals surface area contributed by atoms with E-state index in [0.717, 1.165) is 17.5 Å². The van der Waals surface area contributed by atoms with Gasteiger partial charge in [0.25, 0.3) is 0 Å². The maximum atomic E-state index is 9.48. The van der Waals surface area contributed by atoms with E-state index >= 15 is 0 Å². The highest BCUT2D eigenvalue weighted by Gasteiger charge is 2.11. The smallest absolute Gasteiger partial charge is 0.115 e. The number of halogens is 1. The van der Waals surface area contributed by atoms with Crippen molar-refractivity contribution in [3.8, 4) is 5.75 Å². The van der Waals surface area contributed by atoms with E-state index in [1.807, 2.05) is 36.4 Å².